The molecule has 0 aromatic rings. The van der Waals surface area contributed by atoms with Crippen molar-refractivity contribution in [2.45, 2.75) is 45.1 Å². The van der Waals surface area contributed by atoms with Gasteiger partial charge in [-0.1, -0.05) is 6.92 Å². The summed E-state index contributed by atoms with van der Waals surface area (Å²) in [4.78, 5) is 23.4. The number of piperidine rings is 1. The van der Waals surface area contributed by atoms with E-state index in [2.05, 4.69) is 22.9 Å². The molecule has 108 valence electrons. The molecular weight excluding hydrogens is 242 g/mol. The molecule has 2 fully saturated rings. The van der Waals surface area contributed by atoms with Crippen LogP contribution < -0.4 is 16.0 Å². The van der Waals surface area contributed by atoms with Crippen molar-refractivity contribution in [3.8, 4) is 0 Å². The van der Waals surface area contributed by atoms with E-state index in [4.69, 9.17) is 0 Å². The zero-order valence-corrected chi connectivity index (χ0v) is 11.7. The van der Waals surface area contributed by atoms with Crippen LogP contribution in [-0.2, 0) is 9.59 Å². The van der Waals surface area contributed by atoms with Crippen LogP contribution in [0.4, 0.5) is 0 Å². The highest BCUT2D eigenvalue weighted by Crippen LogP contribution is 2.18. The Balaban J connectivity index is 1.54. The molecule has 0 aromatic heterocycles. The van der Waals surface area contributed by atoms with Gasteiger partial charge in [0.05, 0.1) is 5.92 Å². The molecule has 2 atom stereocenters. The molecule has 1 aliphatic heterocycles. The molecule has 3 N–H and O–H groups in total. The van der Waals surface area contributed by atoms with Gasteiger partial charge in [-0.3, -0.25) is 9.59 Å². The van der Waals surface area contributed by atoms with Crippen LogP contribution in [-0.4, -0.2) is 37.5 Å². The van der Waals surface area contributed by atoms with Gasteiger partial charge in [-0.2, -0.15) is 0 Å². The highest BCUT2D eigenvalue weighted by Gasteiger charge is 2.25. The number of carbonyl (C=O) groups excluding carboxylic acids is 2. The standard InChI is InChI=1S/C14H25N3O2/c1-10-7-11(9-15-8-10)14(19)16-6-2-3-13(18)17-12-4-5-12/h10-12,15H,2-9H2,1H3,(H,16,19)(H,17,18). The van der Waals surface area contributed by atoms with Crippen molar-refractivity contribution in [3.05, 3.63) is 0 Å². The highest BCUT2D eigenvalue weighted by atomic mass is 16.2. The van der Waals surface area contributed by atoms with Gasteiger partial charge >= 0.3 is 0 Å². The van der Waals surface area contributed by atoms with Gasteiger partial charge in [-0.05, 0) is 38.1 Å². The Labute approximate surface area is 114 Å². The van der Waals surface area contributed by atoms with Crippen molar-refractivity contribution >= 4 is 11.8 Å². The van der Waals surface area contributed by atoms with Gasteiger partial charge in [0.15, 0.2) is 0 Å². The summed E-state index contributed by atoms with van der Waals surface area (Å²) in [5.74, 6) is 0.893. The minimum Gasteiger partial charge on any atom is -0.356 e. The summed E-state index contributed by atoms with van der Waals surface area (Å²) in [6.45, 7) is 4.54. The van der Waals surface area contributed by atoms with Crippen LogP contribution in [0.15, 0.2) is 0 Å². The first kappa shape index (κ1) is 14.3. The summed E-state index contributed by atoms with van der Waals surface area (Å²) >= 11 is 0. The Hall–Kier alpha value is -1.10. The summed E-state index contributed by atoms with van der Waals surface area (Å²) < 4.78 is 0. The molecule has 1 heterocycles. The number of hydrogen-bond donors (Lipinski definition) is 3. The van der Waals surface area contributed by atoms with E-state index in [1.165, 1.54) is 0 Å². The monoisotopic (exact) mass is 267 g/mol. The van der Waals surface area contributed by atoms with E-state index >= 15 is 0 Å². The molecule has 2 amide bonds. The van der Waals surface area contributed by atoms with Crippen LogP contribution in [0.3, 0.4) is 0 Å². The SMILES string of the molecule is CC1CNCC(C(=O)NCCCC(=O)NC2CC2)C1. The molecule has 5 nitrogen and oxygen atoms in total. The van der Waals surface area contributed by atoms with Crippen molar-refractivity contribution in [3.63, 3.8) is 0 Å². The largest absolute Gasteiger partial charge is 0.356 e. The fraction of sp³-hybridized carbons (Fsp3) is 0.857. The average Bonchev–Trinajstić information content (AvgIpc) is 3.18. The third-order valence-corrected chi connectivity index (χ3v) is 3.76. The molecule has 5 heteroatoms. The minimum atomic E-state index is 0.0871. The Morgan fingerprint density at radius 2 is 2.05 bits per heavy atom. The lowest BCUT2D eigenvalue weighted by molar-refractivity contribution is -0.126. The molecule has 2 aliphatic rings. The van der Waals surface area contributed by atoms with E-state index in [-0.39, 0.29) is 17.7 Å². The molecule has 0 spiro atoms. The molecule has 2 unspecified atom stereocenters. The third-order valence-electron chi connectivity index (χ3n) is 3.76. The molecular formula is C14H25N3O2. The van der Waals surface area contributed by atoms with Gasteiger partial charge < -0.3 is 16.0 Å². The third kappa shape index (κ3) is 5.19. The Kier molecular flexibility index (Phi) is 5.19. The van der Waals surface area contributed by atoms with Crippen LogP contribution in [0.1, 0.15) is 39.0 Å². The zero-order valence-electron chi connectivity index (χ0n) is 11.7. The lowest BCUT2D eigenvalue weighted by atomic mass is 9.91. The summed E-state index contributed by atoms with van der Waals surface area (Å²) in [5.41, 5.74) is 0. The summed E-state index contributed by atoms with van der Waals surface area (Å²) in [5, 5.41) is 9.17. The summed E-state index contributed by atoms with van der Waals surface area (Å²) in [6.07, 6.45) is 4.43. The fourth-order valence-electron chi connectivity index (χ4n) is 2.49. The molecule has 0 aromatic carbocycles. The number of carbonyl (C=O) groups is 2. The zero-order chi connectivity index (χ0) is 13.7. The first-order valence-corrected chi connectivity index (χ1v) is 7.43. The fourth-order valence-corrected chi connectivity index (χ4v) is 2.49. The number of nitrogens with one attached hydrogen (secondary N) is 3. The van der Waals surface area contributed by atoms with Crippen molar-refractivity contribution in [1.29, 1.82) is 0 Å². The normalized spacial score (nSPS) is 26.8. The lowest BCUT2D eigenvalue weighted by Crippen LogP contribution is -2.43. The molecule has 1 saturated carbocycles. The summed E-state index contributed by atoms with van der Waals surface area (Å²) in [7, 11) is 0. The topological polar surface area (TPSA) is 70.2 Å². The van der Waals surface area contributed by atoms with Crippen LogP contribution in [0.25, 0.3) is 0 Å². The summed E-state index contributed by atoms with van der Waals surface area (Å²) in [6, 6.07) is 0.428. The van der Waals surface area contributed by atoms with E-state index in [0.29, 0.717) is 24.9 Å². The maximum atomic E-state index is 11.9. The second-order valence-electron chi connectivity index (χ2n) is 5.93. The Bertz CT molecular complexity index is 329. The van der Waals surface area contributed by atoms with Crippen LogP contribution in [0.2, 0.25) is 0 Å². The Morgan fingerprint density at radius 3 is 2.74 bits per heavy atom. The number of hydrogen-bond acceptors (Lipinski definition) is 3. The van der Waals surface area contributed by atoms with E-state index < -0.39 is 0 Å². The smallest absolute Gasteiger partial charge is 0.224 e. The van der Waals surface area contributed by atoms with Crippen molar-refractivity contribution < 1.29 is 9.59 Å². The first-order valence-electron chi connectivity index (χ1n) is 7.43. The van der Waals surface area contributed by atoms with Crippen LogP contribution in [0.5, 0.6) is 0 Å². The second kappa shape index (κ2) is 6.89. The second-order valence-corrected chi connectivity index (χ2v) is 5.93. The van der Waals surface area contributed by atoms with Crippen LogP contribution in [0, 0.1) is 11.8 Å². The van der Waals surface area contributed by atoms with E-state index in [0.717, 1.165) is 38.8 Å². The Morgan fingerprint density at radius 1 is 1.26 bits per heavy atom. The van der Waals surface area contributed by atoms with E-state index in [1.807, 2.05) is 0 Å². The van der Waals surface area contributed by atoms with E-state index in [1.54, 1.807) is 0 Å². The molecule has 1 aliphatic carbocycles. The highest BCUT2D eigenvalue weighted by molar-refractivity contribution is 5.79. The molecule has 0 bridgehead atoms. The number of rotatable bonds is 6. The maximum Gasteiger partial charge on any atom is 0.224 e. The quantitative estimate of drug-likeness (QED) is 0.610. The minimum absolute atomic E-state index is 0.0871. The van der Waals surface area contributed by atoms with Gasteiger partial charge in [0.1, 0.15) is 0 Å². The van der Waals surface area contributed by atoms with E-state index in [9.17, 15) is 9.59 Å². The number of amides is 2. The maximum absolute atomic E-state index is 11.9. The first-order chi connectivity index (χ1) is 9.15. The van der Waals surface area contributed by atoms with Crippen molar-refractivity contribution in [2.24, 2.45) is 11.8 Å². The predicted octanol–water partition coefficient (Wildman–Crippen LogP) is 0.407. The predicted molar refractivity (Wildman–Crippen MR) is 73.5 cm³/mol. The van der Waals surface area contributed by atoms with Gasteiger partial charge in [-0.15, -0.1) is 0 Å². The average molecular weight is 267 g/mol. The molecule has 19 heavy (non-hydrogen) atoms. The van der Waals surface area contributed by atoms with Gasteiger partial charge in [-0.25, -0.2) is 0 Å². The van der Waals surface area contributed by atoms with Gasteiger partial charge in [0.2, 0.25) is 11.8 Å². The van der Waals surface area contributed by atoms with Gasteiger partial charge in [0, 0.05) is 25.6 Å². The van der Waals surface area contributed by atoms with Gasteiger partial charge in [0.25, 0.3) is 0 Å². The molecule has 1 saturated heterocycles. The van der Waals surface area contributed by atoms with Crippen molar-refractivity contribution in [1.82, 2.24) is 16.0 Å². The van der Waals surface area contributed by atoms with Crippen LogP contribution >= 0.6 is 0 Å². The lowest BCUT2D eigenvalue weighted by Gasteiger charge is -2.26. The molecule has 0 radical (unpaired) electrons. The van der Waals surface area contributed by atoms with Crippen molar-refractivity contribution in [2.75, 3.05) is 19.6 Å². The molecule has 2 rings (SSSR count).